The van der Waals surface area contributed by atoms with Crippen LogP contribution in [0.4, 0.5) is 8.78 Å². The van der Waals surface area contributed by atoms with Gasteiger partial charge in [-0.05, 0) is 31.0 Å². The van der Waals surface area contributed by atoms with Crippen molar-refractivity contribution < 1.29 is 8.78 Å². The van der Waals surface area contributed by atoms with Crippen molar-refractivity contribution in [2.75, 3.05) is 0 Å². The van der Waals surface area contributed by atoms with Crippen LogP contribution in [0.2, 0.25) is 5.15 Å². The number of benzene rings is 1. The Morgan fingerprint density at radius 1 is 1.06 bits per heavy atom. The maximum Gasteiger partial charge on any atom is 0.133 e. The van der Waals surface area contributed by atoms with E-state index < -0.39 is 17.0 Å². The Labute approximate surface area is 108 Å². The van der Waals surface area contributed by atoms with Crippen LogP contribution in [-0.2, 0) is 5.41 Å². The monoisotopic (exact) mass is 265 g/mol. The van der Waals surface area contributed by atoms with Crippen LogP contribution in [0.25, 0.3) is 0 Å². The van der Waals surface area contributed by atoms with Crippen molar-refractivity contribution in [2.45, 2.75) is 18.3 Å². The van der Waals surface area contributed by atoms with Gasteiger partial charge in [0.25, 0.3) is 0 Å². The van der Waals surface area contributed by atoms with E-state index in [1.165, 1.54) is 18.2 Å². The number of hydrogen-bond donors (Lipinski definition) is 0. The zero-order valence-electron chi connectivity index (χ0n) is 9.46. The van der Waals surface area contributed by atoms with Crippen molar-refractivity contribution in [1.82, 2.24) is 4.98 Å². The van der Waals surface area contributed by atoms with Gasteiger partial charge in [-0.2, -0.15) is 0 Å². The van der Waals surface area contributed by atoms with Crippen LogP contribution in [-0.4, -0.2) is 4.98 Å². The Balaban J connectivity index is 2.20. The summed E-state index contributed by atoms with van der Waals surface area (Å²) in [6, 6.07) is 7.45. The molecule has 0 saturated heterocycles. The van der Waals surface area contributed by atoms with Crippen molar-refractivity contribution in [3.63, 3.8) is 0 Å². The van der Waals surface area contributed by atoms with Crippen LogP contribution in [0, 0.1) is 11.6 Å². The largest absolute Gasteiger partial charge is 0.244 e. The lowest BCUT2D eigenvalue weighted by molar-refractivity contribution is 0.536. The highest BCUT2D eigenvalue weighted by molar-refractivity contribution is 6.30. The summed E-state index contributed by atoms with van der Waals surface area (Å²) in [7, 11) is 0. The average molecular weight is 266 g/mol. The Bertz CT molecular complexity index is 588. The molecule has 1 aliphatic carbocycles. The fraction of sp³-hybridized carbons (Fsp3) is 0.214. The molecule has 0 unspecified atom stereocenters. The van der Waals surface area contributed by atoms with Crippen LogP contribution < -0.4 is 0 Å². The van der Waals surface area contributed by atoms with Gasteiger partial charge in [0.05, 0.1) is 0 Å². The van der Waals surface area contributed by atoms with Crippen LogP contribution >= 0.6 is 11.6 Å². The fourth-order valence-corrected chi connectivity index (χ4v) is 2.78. The van der Waals surface area contributed by atoms with E-state index in [4.69, 9.17) is 11.6 Å². The molecule has 0 aliphatic heterocycles. The highest BCUT2D eigenvalue weighted by Crippen LogP contribution is 2.56. The minimum atomic E-state index is -0.638. The first kappa shape index (κ1) is 11.6. The minimum absolute atomic E-state index is 0.111. The van der Waals surface area contributed by atoms with Crippen LogP contribution in [0.15, 0.2) is 36.5 Å². The van der Waals surface area contributed by atoms with E-state index in [9.17, 15) is 8.78 Å². The number of rotatable bonds is 2. The molecule has 18 heavy (non-hydrogen) atoms. The Hall–Kier alpha value is -1.48. The second-order valence-electron chi connectivity index (χ2n) is 4.52. The number of hydrogen-bond acceptors (Lipinski definition) is 1. The molecule has 1 heterocycles. The van der Waals surface area contributed by atoms with E-state index in [0.717, 1.165) is 0 Å². The maximum absolute atomic E-state index is 13.9. The van der Waals surface area contributed by atoms with E-state index in [2.05, 4.69) is 4.98 Å². The van der Waals surface area contributed by atoms with Crippen molar-refractivity contribution in [2.24, 2.45) is 0 Å². The third-order valence-electron chi connectivity index (χ3n) is 3.47. The topological polar surface area (TPSA) is 12.9 Å². The van der Waals surface area contributed by atoms with Gasteiger partial charge >= 0.3 is 0 Å². The highest BCUT2D eigenvalue weighted by atomic mass is 35.5. The molecular weight excluding hydrogens is 256 g/mol. The lowest BCUT2D eigenvalue weighted by Crippen LogP contribution is -2.14. The quantitative estimate of drug-likeness (QED) is 0.745. The van der Waals surface area contributed by atoms with Gasteiger partial charge in [0.1, 0.15) is 16.8 Å². The summed E-state index contributed by atoms with van der Waals surface area (Å²) in [6.45, 7) is 0. The molecule has 2 aromatic rings. The molecule has 0 spiro atoms. The first-order valence-corrected chi connectivity index (χ1v) is 6.08. The van der Waals surface area contributed by atoms with Gasteiger partial charge in [0.2, 0.25) is 0 Å². The van der Waals surface area contributed by atoms with Crippen LogP contribution in [0.3, 0.4) is 0 Å². The molecule has 0 atom stereocenters. The molecular formula is C14H10ClF2N. The van der Waals surface area contributed by atoms with Crippen molar-refractivity contribution in [3.05, 3.63) is 64.4 Å². The van der Waals surface area contributed by atoms with Crippen molar-refractivity contribution in [1.29, 1.82) is 0 Å². The normalized spacial score (nSPS) is 16.6. The molecule has 0 bridgehead atoms. The van der Waals surface area contributed by atoms with Gasteiger partial charge in [0.15, 0.2) is 0 Å². The third kappa shape index (κ3) is 1.62. The zero-order valence-corrected chi connectivity index (χ0v) is 10.2. The molecule has 0 amide bonds. The van der Waals surface area contributed by atoms with Gasteiger partial charge in [-0.1, -0.05) is 23.7 Å². The standard InChI is InChI=1S/C14H10ClF2N/c15-13-9(3-2-8-18-13)14(6-7-14)12-10(16)4-1-5-11(12)17/h1-5,8H,6-7H2. The summed E-state index contributed by atoms with van der Waals surface area (Å²) in [5, 5.41) is 0.317. The lowest BCUT2D eigenvalue weighted by atomic mass is 9.88. The summed E-state index contributed by atoms with van der Waals surface area (Å²) in [5.74, 6) is -1.04. The summed E-state index contributed by atoms with van der Waals surface area (Å²) in [5.41, 5.74) is 0.177. The van der Waals surface area contributed by atoms with Gasteiger partial charge in [-0.3, -0.25) is 0 Å². The van der Waals surface area contributed by atoms with E-state index >= 15 is 0 Å². The molecule has 3 rings (SSSR count). The fourth-order valence-electron chi connectivity index (χ4n) is 2.48. The second kappa shape index (κ2) is 4.02. The summed E-state index contributed by atoms with van der Waals surface area (Å²) in [4.78, 5) is 3.99. The van der Waals surface area contributed by atoms with E-state index in [1.54, 1.807) is 18.3 Å². The maximum atomic E-state index is 13.9. The van der Waals surface area contributed by atoms with Gasteiger partial charge < -0.3 is 0 Å². The first-order chi connectivity index (χ1) is 8.65. The molecule has 1 aromatic heterocycles. The highest BCUT2D eigenvalue weighted by Gasteiger charge is 2.50. The smallest absolute Gasteiger partial charge is 0.133 e. The molecule has 1 aliphatic rings. The summed E-state index contributed by atoms with van der Waals surface area (Å²) < 4.78 is 27.8. The number of aromatic nitrogens is 1. The molecule has 0 N–H and O–H groups in total. The predicted molar refractivity (Wildman–Crippen MR) is 65.6 cm³/mol. The molecule has 92 valence electrons. The van der Waals surface area contributed by atoms with Crippen molar-refractivity contribution >= 4 is 11.6 Å². The third-order valence-corrected chi connectivity index (χ3v) is 3.77. The lowest BCUT2D eigenvalue weighted by Gasteiger charge is -2.18. The SMILES string of the molecule is Fc1cccc(F)c1C1(c2cccnc2Cl)CC1. The number of nitrogens with zero attached hydrogens (tertiary/aromatic N) is 1. The molecule has 1 fully saturated rings. The van der Waals surface area contributed by atoms with Crippen LogP contribution in [0.5, 0.6) is 0 Å². The summed E-state index contributed by atoms with van der Waals surface area (Å²) >= 11 is 6.05. The Morgan fingerprint density at radius 2 is 1.72 bits per heavy atom. The molecule has 0 radical (unpaired) electrons. The van der Waals surface area contributed by atoms with Crippen LogP contribution in [0.1, 0.15) is 24.0 Å². The summed E-state index contributed by atoms with van der Waals surface area (Å²) in [6.07, 6.45) is 2.95. The van der Waals surface area contributed by atoms with Gasteiger partial charge in [-0.15, -0.1) is 0 Å². The van der Waals surface area contributed by atoms with E-state index in [0.29, 0.717) is 23.6 Å². The molecule has 1 aromatic carbocycles. The first-order valence-electron chi connectivity index (χ1n) is 5.71. The average Bonchev–Trinajstić information content (AvgIpc) is 3.11. The molecule has 4 heteroatoms. The van der Waals surface area contributed by atoms with Gasteiger partial charge in [-0.25, -0.2) is 13.8 Å². The van der Waals surface area contributed by atoms with E-state index in [1.807, 2.05) is 0 Å². The number of halogens is 3. The molecule has 1 nitrogen and oxygen atoms in total. The van der Waals surface area contributed by atoms with Gasteiger partial charge in [0, 0.05) is 22.7 Å². The Morgan fingerprint density at radius 3 is 2.28 bits per heavy atom. The zero-order chi connectivity index (χ0) is 12.8. The number of pyridine rings is 1. The predicted octanol–water partition coefficient (Wildman–Crippen LogP) is 4.09. The van der Waals surface area contributed by atoms with E-state index in [-0.39, 0.29) is 5.56 Å². The molecule has 1 saturated carbocycles. The van der Waals surface area contributed by atoms with Crippen molar-refractivity contribution in [3.8, 4) is 0 Å². The minimum Gasteiger partial charge on any atom is -0.244 e. The Kier molecular flexibility index (Phi) is 2.59. The second-order valence-corrected chi connectivity index (χ2v) is 4.88.